The summed E-state index contributed by atoms with van der Waals surface area (Å²) in [5.74, 6) is -1.39. The van der Waals surface area contributed by atoms with E-state index in [1.54, 1.807) is 0 Å². The molecule has 1 unspecified atom stereocenters. The average molecular weight is 276 g/mol. The molecule has 1 heterocycles. The van der Waals surface area contributed by atoms with Crippen LogP contribution in [0.25, 0.3) is 0 Å². The van der Waals surface area contributed by atoms with Crippen LogP contribution in [0.3, 0.4) is 0 Å². The number of nitrogens with one attached hydrogen (secondary N) is 1. The maximum atomic E-state index is 12.3. The molecular weight excluding hydrogens is 265 g/mol. The number of carbonyl (C=O) groups excluding carboxylic acids is 1. The first-order valence-corrected chi connectivity index (χ1v) is 5.81. The third-order valence-electron chi connectivity index (χ3n) is 2.30. The topological polar surface area (TPSA) is 78.9 Å². The van der Waals surface area contributed by atoms with Crippen molar-refractivity contribution in [1.82, 2.24) is 9.79 Å². The number of hydrogen-bond acceptors (Lipinski definition) is 4. The number of halogens is 3. The second kappa shape index (κ2) is 5.65. The maximum Gasteiger partial charge on any atom is 0.440 e. The summed E-state index contributed by atoms with van der Waals surface area (Å²) in [6, 6.07) is 0. The summed E-state index contributed by atoms with van der Waals surface area (Å²) in [5.41, 5.74) is 0. The van der Waals surface area contributed by atoms with E-state index in [1.165, 1.54) is 4.72 Å². The van der Waals surface area contributed by atoms with E-state index in [-0.39, 0.29) is 25.9 Å². The van der Waals surface area contributed by atoms with Gasteiger partial charge in [0.05, 0.1) is 5.92 Å². The van der Waals surface area contributed by atoms with E-state index in [2.05, 4.69) is 4.84 Å². The van der Waals surface area contributed by atoms with Gasteiger partial charge in [-0.15, -0.1) is 5.06 Å². The first-order chi connectivity index (χ1) is 7.79. The summed E-state index contributed by atoms with van der Waals surface area (Å²) < 4.78 is 56.9. The van der Waals surface area contributed by atoms with Crippen LogP contribution in [0.4, 0.5) is 18.0 Å². The quantitative estimate of drug-likeness (QED) is 0.737. The third-order valence-corrected chi connectivity index (χ3v) is 2.64. The van der Waals surface area contributed by atoms with E-state index in [1.807, 2.05) is 0 Å². The zero-order valence-corrected chi connectivity index (χ0v) is 9.38. The largest absolute Gasteiger partial charge is 0.440 e. The Morgan fingerprint density at radius 1 is 1.41 bits per heavy atom. The number of piperidine rings is 1. The molecule has 1 atom stereocenters. The standard InChI is InChI=1S/C7H11F3N2O4S/c8-7(9,10)5-1-3-12(4-2-5)16-6(13)11-17(14)15/h5H,1-4H2,(H,11,13)(H,14,15). The minimum absolute atomic E-state index is 0.0599. The molecule has 0 bridgehead atoms. The molecule has 1 saturated heterocycles. The molecule has 0 aliphatic carbocycles. The molecule has 1 aliphatic rings. The normalized spacial score (nSPS) is 20.9. The Morgan fingerprint density at radius 2 is 1.94 bits per heavy atom. The predicted molar refractivity (Wildman–Crippen MR) is 50.7 cm³/mol. The Bertz CT molecular complexity index is 304. The summed E-state index contributed by atoms with van der Waals surface area (Å²) in [6.07, 6.45) is -5.74. The van der Waals surface area contributed by atoms with Crippen LogP contribution in [0.2, 0.25) is 0 Å². The van der Waals surface area contributed by atoms with E-state index < -0.39 is 29.5 Å². The molecule has 1 rings (SSSR count). The van der Waals surface area contributed by atoms with E-state index in [9.17, 15) is 22.2 Å². The molecule has 1 fully saturated rings. The van der Waals surface area contributed by atoms with Crippen LogP contribution in [-0.2, 0) is 16.1 Å². The Hall–Kier alpha value is -0.870. The summed E-state index contributed by atoms with van der Waals surface area (Å²) in [6.45, 7) is -0.120. The zero-order valence-electron chi connectivity index (χ0n) is 8.57. The van der Waals surface area contributed by atoms with E-state index >= 15 is 0 Å². The van der Waals surface area contributed by atoms with Gasteiger partial charge in [0.15, 0.2) is 0 Å². The maximum absolute atomic E-state index is 12.3. The summed E-state index contributed by atoms with van der Waals surface area (Å²) >= 11 is -2.55. The third kappa shape index (κ3) is 4.88. The summed E-state index contributed by atoms with van der Waals surface area (Å²) in [7, 11) is 0. The first kappa shape index (κ1) is 14.2. The van der Waals surface area contributed by atoms with Crippen molar-refractivity contribution in [2.45, 2.75) is 19.0 Å². The zero-order chi connectivity index (χ0) is 13.1. The minimum Gasteiger partial charge on any atom is -0.350 e. The Kier molecular flexibility index (Phi) is 4.71. The fraction of sp³-hybridized carbons (Fsp3) is 0.857. The van der Waals surface area contributed by atoms with Gasteiger partial charge in [0, 0.05) is 13.1 Å². The lowest BCUT2D eigenvalue weighted by atomic mass is 9.97. The van der Waals surface area contributed by atoms with Crippen molar-refractivity contribution in [2.24, 2.45) is 5.92 Å². The molecule has 0 aromatic carbocycles. The number of alkyl halides is 3. The number of nitrogens with zero attached hydrogens (tertiary/aromatic N) is 1. The van der Waals surface area contributed by atoms with Crippen molar-refractivity contribution < 1.29 is 31.6 Å². The van der Waals surface area contributed by atoms with Gasteiger partial charge < -0.3 is 4.84 Å². The van der Waals surface area contributed by atoms with Crippen LogP contribution in [0.5, 0.6) is 0 Å². The van der Waals surface area contributed by atoms with Gasteiger partial charge in [-0.1, -0.05) is 0 Å². The fourth-order valence-electron chi connectivity index (χ4n) is 1.48. The van der Waals surface area contributed by atoms with Gasteiger partial charge in [0.1, 0.15) is 0 Å². The first-order valence-electron chi connectivity index (χ1n) is 4.70. The highest BCUT2D eigenvalue weighted by molar-refractivity contribution is 7.77. The van der Waals surface area contributed by atoms with Gasteiger partial charge in [-0.3, -0.25) is 4.55 Å². The van der Waals surface area contributed by atoms with E-state index in [0.29, 0.717) is 0 Å². The van der Waals surface area contributed by atoms with Crippen LogP contribution >= 0.6 is 0 Å². The fourth-order valence-corrected chi connectivity index (χ4v) is 1.66. The van der Waals surface area contributed by atoms with Gasteiger partial charge in [0.2, 0.25) is 0 Å². The highest BCUT2D eigenvalue weighted by Crippen LogP contribution is 2.33. The minimum atomic E-state index is -4.24. The van der Waals surface area contributed by atoms with Gasteiger partial charge in [-0.05, 0) is 12.8 Å². The lowest BCUT2D eigenvalue weighted by Gasteiger charge is -2.31. The Balaban J connectivity index is 2.33. The van der Waals surface area contributed by atoms with E-state index in [4.69, 9.17) is 4.55 Å². The monoisotopic (exact) mass is 276 g/mol. The van der Waals surface area contributed by atoms with Crippen LogP contribution in [0, 0.1) is 5.92 Å². The molecular formula is C7H11F3N2O4S. The van der Waals surface area contributed by atoms with Crippen molar-refractivity contribution in [1.29, 1.82) is 0 Å². The van der Waals surface area contributed by atoms with Crippen molar-refractivity contribution in [3.63, 3.8) is 0 Å². The highest BCUT2D eigenvalue weighted by atomic mass is 32.2. The number of amides is 1. The Labute approximate surface area is 97.5 Å². The molecule has 1 aliphatic heterocycles. The molecule has 100 valence electrons. The van der Waals surface area contributed by atoms with Gasteiger partial charge in [-0.25, -0.2) is 13.7 Å². The van der Waals surface area contributed by atoms with Crippen LogP contribution < -0.4 is 4.72 Å². The van der Waals surface area contributed by atoms with Gasteiger partial charge in [0.25, 0.3) is 11.3 Å². The highest BCUT2D eigenvalue weighted by Gasteiger charge is 2.41. The molecule has 10 heteroatoms. The number of hydrogen-bond donors (Lipinski definition) is 2. The van der Waals surface area contributed by atoms with Crippen LogP contribution in [0.15, 0.2) is 0 Å². The molecule has 0 aromatic rings. The molecule has 0 aromatic heterocycles. The predicted octanol–water partition coefficient (Wildman–Crippen LogP) is 1.04. The smallest absolute Gasteiger partial charge is 0.350 e. The molecule has 17 heavy (non-hydrogen) atoms. The van der Waals surface area contributed by atoms with Crippen molar-refractivity contribution in [3.05, 3.63) is 0 Å². The van der Waals surface area contributed by atoms with Gasteiger partial charge in [-0.2, -0.15) is 13.2 Å². The number of rotatable bonds is 2. The molecule has 1 amide bonds. The average Bonchev–Trinajstić information content (AvgIpc) is 2.15. The number of carbonyl (C=O) groups is 1. The van der Waals surface area contributed by atoms with Crippen LogP contribution in [0.1, 0.15) is 12.8 Å². The lowest BCUT2D eigenvalue weighted by Crippen LogP contribution is -2.42. The Morgan fingerprint density at radius 3 is 2.35 bits per heavy atom. The molecule has 0 spiro atoms. The summed E-state index contributed by atoms with van der Waals surface area (Å²) in [4.78, 5) is 15.4. The molecule has 0 radical (unpaired) electrons. The van der Waals surface area contributed by atoms with E-state index in [0.717, 1.165) is 5.06 Å². The van der Waals surface area contributed by atoms with Crippen molar-refractivity contribution in [3.8, 4) is 0 Å². The molecule has 0 saturated carbocycles. The lowest BCUT2D eigenvalue weighted by molar-refractivity contribution is -0.204. The second-order valence-electron chi connectivity index (χ2n) is 3.47. The van der Waals surface area contributed by atoms with Crippen molar-refractivity contribution >= 4 is 17.4 Å². The molecule has 2 N–H and O–H groups in total. The van der Waals surface area contributed by atoms with Crippen LogP contribution in [-0.4, -0.2) is 39.2 Å². The second-order valence-corrected chi connectivity index (χ2v) is 4.18. The summed E-state index contributed by atoms with van der Waals surface area (Å²) in [5, 5.41) is 1.03. The SMILES string of the molecule is O=C(NS(=O)O)ON1CCC(C(F)(F)F)CC1. The number of hydroxylamine groups is 2. The van der Waals surface area contributed by atoms with Gasteiger partial charge >= 0.3 is 12.3 Å². The molecule has 6 nitrogen and oxygen atoms in total. The van der Waals surface area contributed by atoms with Crippen molar-refractivity contribution in [2.75, 3.05) is 13.1 Å².